The number of nitrogens with zero attached hydrogens (tertiary/aromatic N) is 2. The van der Waals surface area contributed by atoms with Crippen molar-refractivity contribution in [1.29, 1.82) is 0 Å². The van der Waals surface area contributed by atoms with Gasteiger partial charge in [0.05, 0.1) is 6.26 Å². The molecule has 1 fully saturated rings. The molecule has 0 bridgehead atoms. The number of amides is 1. The minimum Gasteiger partial charge on any atom is -0.355 e. The van der Waals surface area contributed by atoms with Crippen LogP contribution in [0.2, 0.25) is 0 Å². The van der Waals surface area contributed by atoms with E-state index < -0.39 is 10.0 Å². The molecule has 1 aliphatic rings. The Morgan fingerprint density at radius 1 is 1.09 bits per heavy atom. The normalized spacial score (nSPS) is 17.1. The van der Waals surface area contributed by atoms with Gasteiger partial charge in [0.2, 0.25) is 15.9 Å². The van der Waals surface area contributed by atoms with Gasteiger partial charge < -0.3 is 10.2 Å². The molecule has 0 atom stereocenters. The summed E-state index contributed by atoms with van der Waals surface area (Å²) in [5, 5.41) is 2.90. The molecule has 0 aromatic carbocycles. The van der Waals surface area contributed by atoms with Gasteiger partial charge in [0.25, 0.3) is 0 Å². The lowest BCUT2D eigenvalue weighted by Crippen LogP contribution is -2.41. The van der Waals surface area contributed by atoms with Crippen LogP contribution in [0.1, 0.15) is 38.5 Å². The van der Waals surface area contributed by atoms with Crippen LogP contribution in [0.4, 0.5) is 0 Å². The Bertz CT molecular complexity index is 431. The molecule has 0 radical (unpaired) electrons. The topological polar surface area (TPSA) is 69.7 Å². The Balaban J connectivity index is 2.34. The Kier molecular flexibility index (Phi) is 8.35. The molecule has 0 aromatic rings. The third-order valence-corrected chi connectivity index (χ3v) is 5.42. The van der Waals surface area contributed by atoms with Gasteiger partial charge in [0.15, 0.2) is 0 Å². The molecule has 7 heteroatoms. The summed E-state index contributed by atoms with van der Waals surface area (Å²) in [6.07, 6.45) is 7.41. The molecule has 22 heavy (non-hydrogen) atoms. The van der Waals surface area contributed by atoms with E-state index in [1.807, 2.05) is 19.0 Å². The Morgan fingerprint density at radius 2 is 1.73 bits per heavy atom. The van der Waals surface area contributed by atoms with Crippen molar-refractivity contribution in [2.75, 3.05) is 46.5 Å². The highest BCUT2D eigenvalue weighted by Gasteiger charge is 2.21. The fraction of sp³-hybridized carbons (Fsp3) is 0.933. The number of hydrogen-bond donors (Lipinski definition) is 1. The van der Waals surface area contributed by atoms with Crippen molar-refractivity contribution >= 4 is 15.9 Å². The highest BCUT2D eigenvalue weighted by Crippen LogP contribution is 2.23. The van der Waals surface area contributed by atoms with E-state index in [0.29, 0.717) is 19.6 Å². The summed E-state index contributed by atoms with van der Waals surface area (Å²) in [6.45, 7) is 2.09. The highest BCUT2D eigenvalue weighted by atomic mass is 32.2. The van der Waals surface area contributed by atoms with E-state index >= 15 is 0 Å². The second kappa shape index (κ2) is 9.47. The molecule has 1 saturated carbocycles. The highest BCUT2D eigenvalue weighted by molar-refractivity contribution is 7.88. The van der Waals surface area contributed by atoms with Crippen LogP contribution in [0.15, 0.2) is 0 Å². The molecule has 0 heterocycles. The molecule has 6 nitrogen and oxygen atoms in total. The van der Waals surface area contributed by atoms with Crippen molar-refractivity contribution in [2.45, 2.75) is 38.5 Å². The van der Waals surface area contributed by atoms with E-state index in [4.69, 9.17) is 0 Å². The van der Waals surface area contributed by atoms with Gasteiger partial charge in [-0.05, 0) is 39.9 Å². The molecule has 1 rings (SSSR count). The van der Waals surface area contributed by atoms with E-state index in [1.165, 1.54) is 17.0 Å². The first-order valence-corrected chi connectivity index (χ1v) is 10.0. The van der Waals surface area contributed by atoms with E-state index in [1.54, 1.807) is 0 Å². The molecule has 1 amide bonds. The van der Waals surface area contributed by atoms with Crippen LogP contribution in [-0.2, 0) is 14.8 Å². The maximum Gasteiger partial charge on any atom is 0.223 e. The van der Waals surface area contributed by atoms with Gasteiger partial charge in [0.1, 0.15) is 0 Å². The average molecular weight is 333 g/mol. The zero-order chi connectivity index (χ0) is 16.6. The Labute approximate surface area is 135 Å². The van der Waals surface area contributed by atoms with Gasteiger partial charge in [-0.25, -0.2) is 12.7 Å². The summed E-state index contributed by atoms with van der Waals surface area (Å²) < 4.78 is 25.0. The standard InChI is InChI=1S/C15H31N3O3S/c1-17(2)11-7-12-18(22(3,20)21)13-10-16-15(19)14-8-5-4-6-9-14/h14H,4-13H2,1-3H3,(H,16,19). The first-order chi connectivity index (χ1) is 10.3. The van der Waals surface area contributed by atoms with Crippen molar-refractivity contribution < 1.29 is 13.2 Å². The summed E-state index contributed by atoms with van der Waals surface area (Å²) in [7, 11) is 0.713. The van der Waals surface area contributed by atoms with E-state index in [2.05, 4.69) is 5.32 Å². The molecule has 1 N–H and O–H groups in total. The average Bonchev–Trinajstić information content (AvgIpc) is 2.45. The van der Waals surface area contributed by atoms with Crippen LogP contribution in [0.5, 0.6) is 0 Å². The Morgan fingerprint density at radius 3 is 2.27 bits per heavy atom. The summed E-state index contributed by atoms with van der Waals surface area (Å²) in [4.78, 5) is 14.1. The van der Waals surface area contributed by atoms with E-state index in [9.17, 15) is 13.2 Å². The minimum atomic E-state index is -3.22. The van der Waals surface area contributed by atoms with Crippen molar-refractivity contribution in [3.63, 3.8) is 0 Å². The fourth-order valence-corrected chi connectivity index (χ4v) is 3.70. The lowest BCUT2D eigenvalue weighted by molar-refractivity contribution is -0.125. The third-order valence-electron chi connectivity index (χ3n) is 4.12. The molecule has 0 spiro atoms. The van der Waals surface area contributed by atoms with Crippen LogP contribution in [0.25, 0.3) is 0 Å². The first kappa shape index (κ1) is 19.4. The summed E-state index contributed by atoms with van der Waals surface area (Å²) in [5.41, 5.74) is 0. The Hall–Kier alpha value is -0.660. The second-order valence-electron chi connectivity index (χ2n) is 6.44. The van der Waals surface area contributed by atoms with Crippen LogP contribution >= 0.6 is 0 Å². The van der Waals surface area contributed by atoms with Gasteiger partial charge in [-0.2, -0.15) is 0 Å². The lowest BCUT2D eigenvalue weighted by Gasteiger charge is -2.23. The largest absolute Gasteiger partial charge is 0.355 e. The predicted molar refractivity (Wildman–Crippen MR) is 89.2 cm³/mol. The maximum atomic E-state index is 12.0. The van der Waals surface area contributed by atoms with Gasteiger partial charge in [-0.3, -0.25) is 4.79 Å². The quantitative estimate of drug-likeness (QED) is 0.680. The van der Waals surface area contributed by atoms with Gasteiger partial charge in [-0.1, -0.05) is 19.3 Å². The monoisotopic (exact) mass is 333 g/mol. The number of rotatable bonds is 9. The molecule has 0 unspecified atom stereocenters. The van der Waals surface area contributed by atoms with Crippen LogP contribution in [0.3, 0.4) is 0 Å². The van der Waals surface area contributed by atoms with E-state index in [-0.39, 0.29) is 11.8 Å². The van der Waals surface area contributed by atoms with Crippen molar-refractivity contribution in [3.8, 4) is 0 Å². The second-order valence-corrected chi connectivity index (χ2v) is 8.43. The molecule has 0 aromatic heterocycles. The lowest BCUT2D eigenvalue weighted by atomic mass is 9.89. The number of carbonyl (C=O) groups is 1. The van der Waals surface area contributed by atoms with E-state index in [0.717, 1.165) is 38.6 Å². The smallest absolute Gasteiger partial charge is 0.223 e. The fourth-order valence-electron chi connectivity index (χ4n) is 2.82. The maximum absolute atomic E-state index is 12.0. The molecule has 1 aliphatic carbocycles. The summed E-state index contributed by atoms with van der Waals surface area (Å²) >= 11 is 0. The summed E-state index contributed by atoms with van der Waals surface area (Å²) in [5.74, 6) is 0.204. The van der Waals surface area contributed by atoms with Crippen LogP contribution in [0, 0.1) is 5.92 Å². The van der Waals surface area contributed by atoms with Crippen molar-refractivity contribution in [2.24, 2.45) is 5.92 Å². The SMILES string of the molecule is CN(C)CCCN(CCNC(=O)C1CCCCC1)S(C)(=O)=O. The summed E-state index contributed by atoms with van der Waals surface area (Å²) in [6, 6.07) is 0. The number of sulfonamides is 1. The number of carbonyl (C=O) groups excluding carboxylic acids is 1. The predicted octanol–water partition coefficient (Wildman–Crippen LogP) is 0.896. The van der Waals surface area contributed by atoms with Gasteiger partial charge in [0, 0.05) is 25.6 Å². The van der Waals surface area contributed by atoms with Crippen molar-refractivity contribution in [3.05, 3.63) is 0 Å². The van der Waals surface area contributed by atoms with Gasteiger partial charge in [-0.15, -0.1) is 0 Å². The molecular weight excluding hydrogens is 302 g/mol. The van der Waals surface area contributed by atoms with Gasteiger partial charge >= 0.3 is 0 Å². The first-order valence-electron chi connectivity index (χ1n) is 8.18. The number of hydrogen-bond acceptors (Lipinski definition) is 4. The minimum absolute atomic E-state index is 0.0847. The molecular formula is C15H31N3O3S. The molecule has 0 saturated heterocycles. The zero-order valence-corrected chi connectivity index (χ0v) is 15.0. The molecule has 0 aliphatic heterocycles. The zero-order valence-electron chi connectivity index (χ0n) is 14.2. The van der Waals surface area contributed by atoms with Crippen molar-refractivity contribution in [1.82, 2.24) is 14.5 Å². The van der Waals surface area contributed by atoms with Crippen LogP contribution in [-0.4, -0.2) is 70.1 Å². The number of nitrogens with one attached hydrogen (secondary N) is 1. The van der Waals surface area contributed by atoms with Crippen LogP contribution < -0.4 is 5.32 Å². The third kappa shape index (κ3) is 7.56. The molecule has 130 valence electrons.